The van der Waals surface area contributed by atoms with Crippen LogP contribution in [0.3, 0.4) is 0 Å². The van der Waals surface area contributed by atoms with E-state index in [0.717, 1.165) is 22.6 Å². The summed E-state index contributed by atoms with van der Waals surface area (Å²) in [5.41, 5.74) is 1.98. The predicted molar refractivity (Wildman–Crippen MR) is 87.5 cm³/mol. The number of aromatic nitrogens is 1. The topological polar surface area (TPSA) is 34.0 Å². The molecule has 0 spiro atoms. The minimum Gasteiger partial charge on any atom is -0.349 e. The number of amides is 1. The van der Waals surface area contributed by atoms with Gasteiger partial charge in [0.05, 0.1) is 14.7 Å². The van der Waals surface area contributed by atoms with E-state index < -0.39 is 0 Å². The molecule has 0 bridgehead atoms. The Morgan fingerprint density at radius 3 is 2.90 bits per heavy atom. The molecule has 1 fully saturated rings. The molecule has 0 unspecified atom stereocenters. The molecule has 2 aromatic heterocycles. The summed E-state index contributed by atoms with van der Waals surface area (Å²) in [5, 5.41) is 5.11. The monoisotopic (exact) mass is 354 g/mol. The molecule has 0 radical (unpaired) electrons. The average molecular weight is 355 g/mol. The third-order valence-electron chi connectivity index (χ3n) is 3.90. The number of halogens is 1. The van der Waals surface area contributed by atoms with Crippen molar-refractivity contribution in [2.24, 2.45) is 5.92 Å². The van der Waals surface area contributed by atoms with Crippen molar-refractivity contribution in [2.45, 2.75) is 45.7 Å². The van der Waals surface area contributed by atoms with E-state index in [9.17, 15) is 4.79 Å². The number of carbonyl (C=O) groups excluding carboxylic acids is 1. The van der Waals surface area contributed by atoms with Crippen LogP contribution in [0.15, 0.2) is 15.9 Å². The Hall–Kier alpha value is -0.810. The van der Waals surface area contributed by atoms with Crippen molar-refractivity contribution < 1.29 is 4.79 Å². The molecule has 0 saturated heterocycles. The minimum atomic E-state index is 0.0367. The zero-order valence-electron chi connectivity index (χ0n) is 11.8. The van der Waals surface area contributed by atoms with E-state index in [0.29, 0.717) is 0 Å². The van der Waals surface area contributed by atoms with E-state index in [4.69, 9.17) is 0 Å². The Labute approximate surface area is 131 Å². The average Bonchev–Trinajstić information content (AvgIpc) is 2.84. The highest BCUT2D eigenvalue weighted by Gasteiger charge is 2.24. The van der Waals surface area contributed by atoms with Crippen LogP contribution < -0.4 is 5.32 Å². The molecule has 1 saturated carbocycles. The Morgan fingerprint density at radius 2 is 2.30 bits per heavy atom. The van der Waals surface area contributed by atoms with E-state index in [2.05, 4.69) is 31.2 Å². The number of thiophene rings is 1. The van der Waals surface area contributed by atoms with E-state index in [1.54, 1.807) is 11.3 Å². The van der Waals surface area contributed by atoms with Gasteiger partial charge in [-0.15, -0.1) is 11.3 Å². The summed E-state index contributed by atoms with van der Waals surface area (Å²) in [4.78, 5) is 12.4. The summed E-state index contributed by atoms with van der Waals surface area (Å²) in [7, 11) is 0. The van der Waals surface area contributed by atoms with Crippen LogP contribution in [0.4, 0.5) is 0 Å². The summed E-state index contributed by atoms with van der Waals surface area (Å²) in [5.74, 6) is 0.762. The molecule has 3 rings (SSSR count). The van der Waals surface area contributed by atoms with Gasteiger partial charge in [-0.05, 0) is 54.6 Å². The molecule has 2 heterocycles. The second kappa shape index (κ2) is 5.53. The molecule has 5 heteroatoms. The Balaban J connectivity index is 2.00. The highest BCUT2D eigenvalue weighted by Crippen LogP contribution is 2.36. The van der Waals surface area contributed by atoms with Crippen LogP contribution in [0.2, 0.25) is 0 Å². The van der Waals surface area contributed by atoms with Crippen LogP contribution in [0, 0.1) is 5.92 Å². The molecule has 108 valence electrons. The summed E-state index contributed by atoms with van der Waals surface area (Å²) >= 11 is 5.31. The van der Waals surface area contributed by atoms with Crippen molar-refractivity contribution in [3.63, 3.8) is 0 Å². The number of fused-ring (bicyclic) bond motifs is 1. The SMILES string of the molecule is CC(C)NC(=O)c1cc2scc(Br)c2n1CC1CCC1. The molecule has 1 aliphatic rings. The number of nitrogens with zero attached hydrogens (tertiary/aromatic N) is 1. The molecular weight excluding hydrogens is 336 g/mol. The molecule has 0 atom stereocenters. The fourth-order valence-electron chi connectivity index (χ4n) is 2.68. The van der Waals surface area contributed by atoms with Crippen LogP contribution in [0.5, 0.6) is 0 Å². The van der Waals surface area contributed by atoms with Crippen LogP contribution >= 0.6 is 27.3 Å². The fraction of sp³-hybridized carbons (Fsp3) is 0.533. The van der Waals surface area contributed by atoms with Crippen molar-refractivity contribution in [2.75, 3.05) is 0 Å². The largest absolute Gasteiger partial charge is 0.349 e. The normalized spacial score (nSPS) is 15.8. The van der Waals surface area contributed by atoms with Crippen molar-refractivity contribution in [3.05, 3.63) is 21.6 Å². The first-order valence-electron chi connectivity index (χ1n) is 7.13. The second-order valence-electron chi connectivity index (χ2n) is 5.86. The van der Waals surface area contributed by atoms with Gasteiger partial charge >= 0.3 is 0 Å². The van der Waals surface area contributed by atoms with E-state index in [-0.39, 0.29) is 11.9 Å². The lowest BCUT2D eigenvalue weighted by atomic mass is 9.85. The lowest BCUT2D eigenvalue weighted by molar-refractivity contribution is 0.0932. The Morgan fingerprint density at radius 1 is 1.55 bits per heavy atom. The molecule has 1 amide bonds. The van der Waals surface area contributed by atoms with Gasteiger partial charge in [0.25, 0.3) is 5.91 Å². The van der Waals surface area contributed by atoms with Gasteiger partial charge in [0.2, 0.25) is 0 Å². The van der Waals surface area contributed by atoms with Gasteiger partial charge < -0.3 is 9.88 Å². The number of rotatable bonds is 4. The molecule has 3 nitrogen and oxygen atoms in total. The van der Waals surface area contributed by atoms with Crippen molar-refractivity contribution >= 4 is 43.4 Å². The fourth-order valence-corrected chi connectivity index (χ4v) is 4.37. The lowest BCUT2D eigenvalue weighted by Crippen LogP contribution is -2.32. The van der Waals surface area contributed by atoms with Gasteiger partial charge in [0.15, 0.2) is 0 Å². The van der Waals surface area contributed by atoms with E-state index in [1.807, 2.05) is 19.9 Å². The summed E-state index contributed by atoms with van der Waals surface area (Å²) in [6.45, 7) is 4.95. The minimum absolute atomic E-state index is 0.0367. The summed E-state index contributed by atoms with van der Waals surface area (Å²) < 4.78 is 4.49. The molecule has 0 aromatic carbocycles. The third kappa shape index (κ3) is 2.53. The van der Waals surface area contributed by atoms with Crippen LogP contribution in [-0.4, -0.2) is 16.5 Å². The van der Waals surface area contributed by atoms with Gasteiger partial charge in [-0.3, -0.25) is 4.79 Å². The molecule has 0 aliphatic heterocycles. The van der Waals surface area contributed by atoms with Gasteiger partial charge in [0.1, 0.15) is 5.69 Å². The zero-order chi connectivity index (χ0) is 14.3. The van der Waals surface area contributed by atoms with Crippen LogP contribution in [0.25, 0.3) is 10.2 Å². The first-order chi connectivity index (χ1) is 9.56. The third-order valence-corrected chi connectivity index (χ3v) is 5.72. The second-order valence-corrected chi connectivity index (χ2v) is 7.63. The van der Waals surface area contributed by atoms with Gasteiger partial charge in [-0.2, -0.15) is 0 Å². The number of carbonyl (C=O) groups is 1. The van der Waals surface area contributed by atoms with E-state index in [1.165, 1.54) is 29.5 Å². The van der Waals surface area contributed by atoms with Gasteiger partial charge in [-0.25, -0.2) is 0 Å². The van der Waals surface area contributed by atoms with E-state index >= 15 is 0 Å². The predicted octanol–water partition coefficient (Wildman–Crippen LogP) is 4.40. The first kappa shape index (κ1) is 14.1. The number of hydrogen-bond acceptors (Lipinski definition) is 2. The first-order valence-corrected chi connectivity index (χ1v) is 8.80. The smallest absolute Gasteiger partial charge is 0.268 e. The maximum atomic E-state index is 12.4. The zero-order valence-corrected chi connectivity index (χ0v) is 14.2. The molecule has 1 aliphatic carbocycles. The molecule has 20 heavy (non-hydrogen) atoms. The summed E-state index contributed by atoms with van der Waals surface area (Å²) in [6.07, 6.45) is 3.90. The Bertz CT molecular complexity index is 640. The van der Waals surface area contributed by atoms with Crippen molar-refractivity contribution in [1.82, 2.24) is 9.88 Å². The molecule has 1 N–H and O–H groups in total. The van der Waals surface area contributed by atoms with Crippen LogP contribution in [0.1, 0.15) is 43.6 Å². The van der Waals surface area contributed by atoms with Crippen LogP contribution in [-0.2, 0) is 6.54 Å². The molecule has 2 aromatic rings. The van der Waals surface area contributed by atoms with Gasteiger partial charge in [-0.1, -0.05) is 6.42 Å². The standard InChI is InChI=1S/C15H19BrN2OS/c1-9(2)17-15(19)12-6-13-14(11(16)8-20-13)18(12)7-10-4-3-5-10/h6,8-10H,3-5,7H2,1-2H3,(H,17,19). The lowest BCUT2D eigenvalue weighted by Gasteiger charge is -2.27. The Kier molecular flexibility index (Phi) is 3.91. The maximum Gasteiger partial charge on any atom is 0.268 e. The quantitative estimate of drug-likeness (QED) is 0.866. The van der Waals surface area contributed by atoms with Crippen molar-refractivity contribution in [3.8, 4) is 0 Å². The summed E-state index contributed by atoms with van der Waals surface area (Å²) in [6, 6.07) is 2.19. The van der Waals surface area contributed by atoms with Gasteiger partial charge in [0, 0.05) is 18.0 Å². The molecular formula is C15H19BrN2OS. The van der Waals surface area contributed by atoms with Crippen molar-refractivity contribution in [1.29, 1.82) is 0 Å². The number of nitrogens with one attached hydrogen (secondary N) is 1. The maximum absolute atomic E-state index is 12.4. The highest BCUT2D eigenvalue weighted by molar-refractivity contribution is 9.10. The number of hydrogen-bond donors (Lipinski definition) is 1. The highest BCUT2D eigenvalue weighted by atomic mass is 79.9.